The van der Waals surface area contributed by atoms with Crippen molar-refractivity contribution < 1.29 is 38.4 Å². The molecule has 0 aliphatic carbocycles. The van der Waals surface area contributed by atoms with Crippen molar-refractivity contribution in [3.8, 4) is 28.7 Å². The highest BCUT2D eigenvalue weighted by atomic mass is 35.5. The van der Waals surface area contributed by atoms with E-state index in [1.165, 1.54) is 11.1 Å². The second-order valence-corrected chi connectivity index (χ2v) is 15.8. The van der Waals surface area contributed by atoms with Crippen molar-refractivity contribution in [3.05, 3.63) is 165 Å². The number of nitrogens with zero attached hydrogens (tertiary/aromatic N) is 3. The van der Waals surface area contributed by atoms with Gasteiger partial charge < -0.3 is 39.6 Å². The van der Waals surface area contributed by atoms with Gasteiger partial charge >= 0.3 is 12.0 Å². The van der Waals surface area contributed by atoms with Gasteiger partial charge in [0.05, 0.1) is 21.9 Å². The summed E-state index contributed by atoms with van der Waals surface area (Å²) in [5.74, 6) is 1.05. The molecule has 62 heavy (non-hydrogen) atoms. The number of rotatable bonds is 12. The van der Waals surface area contributed by atoms with Crippen molar-refractivity contribution in [2.45, 2.75) is 58.0 Å². The standard InChI is InChI=1S/C47H41Cl2N5O8/c1-27-28(2)51-17-15-41(27)61-36-10-5-29(6-11-36)19-39(46(56)57)53-45(55)40-20-32-21-42-43(22-33(32)24-54(40)47(58)52-34-4-3-16-50-23-34)62-44(26-60-42)31-8-12-35(13-9-31)59-25-30-7-14-37(48)38(49)18-30/h3-18,21-23,39-40,44H,19-20,24-26H2,1-2H3,(H,52,58)(H,53,55)(H,56,57)/t39?,40-,44+/m0/s1. The van der Waals surface area contributed by atoms with E-state index < -0.39 is 36.1 Å². The Morgan fingerprint density at radius 2 is 1.65 bits per heavy atom. The Morgan fingerprint density at radius 1 is 0.887 bits per heavy atom. The fraction of sp³-hybridized carbons (Fsp3) is 0.213. The van der Waals surface area contributed by atoms with Gasteiger partial charge in [-0.2, -0.15) is 0 Å². The Labute approximate surface area is 367 Å². The largest absolute Gasteiger partial charge is 0.489 e. The number of aliphatic carboxylic acids is 1. The molecule has 6 aromatic rings. The normalized spacial score (nSPS) is 15.8. The molecule has 3 amide bonds. The minimum atomic E-state index is -1.29. The predicted molar refractivity (Wildman–Crippen MR) is 232 cm³/mol. The van der Waals surface area contributed by atoms with Gasteiger partial charge in [0.2, 0.25) is 5.91 Å². The lowest BCUT2D eigenvalue weighted by molar-refractivity contribution is -0.142. The Kier molecular flexibility index (Phi) is 12.4. The van der Waals surface area contributed by atoms with Gasteiger partial charge in [-0.05, 0) is 108 Å². The zero-order valence-corrected chi connectivity index (χ0v) is 35.2. The molecule has 0 radical (unpaired) electrons. The van der Waals surface area contributed by atoms with Crippen LogP contribution in [0.4, 0.5) is 10.5 Å². The quantitative estimate of drug-likeness (QED) is 0.108. The summed E-state index contributed by atoms with van der Waals surface area (Å²) in [5, 5.41) is 16.7. The first-order valence-electron chi connectivity index (χ1n) is 19.8. The first-order valence-corrected chi connectivity index (χ1v) is 20.5. The lowest BCUT2D eigenvalue weighted by Crippen LogP contribution is -2.56. The maximum absolute atomic E-state index is 14.1. The molecule has 3 atom stereocenters. The molecule has 0 saturated carbocycles. The minimum Gasteiger partial charge on any atom is -0.489 e. The van der Waals surface area contributed by atoms with Crippen LogP contribution in [0.15, 0.2) is 116 Å². The second kappa shape index (κ2) is 18.4. The zero-order valence-electron chi connectivity index (χ0n) is 33.6. The molecule has 2 aliphatic heterocycles. The van der Waals surface area contributed by atoms with Crippen LogP contribution in [0.2, 0.25) is 10.0 Å². The number of fused-ring (bicyclic) bond motifs is 2. The molecule has 0 saturated heterocycles. The van der Waals surface area contributed by atoms with Gasteiger partial charge in [0, 0.05) is 43.0 Å². The summed E-state index contributed by atoms with van der Waals surface area (Å²) in [4.78, 5) is 50.4. The van der Waals surface area contributed by atoms with E-state index in [9.17, 15) is 19.5 Å². The highest BCUT2D eigenvalue weighted by Crippen LogP contribution is 2.41. The molecule has 4 heterocycles. The summed E-state index contributed by atoms with van der Waals surface area (Å²) < 4.78 is 24.6. The topological polar surface area (TPSA) is 161 Å². The van der Waals surface area contributed by atoms with Crippen LogP contribution < -0.4 is 29.6 Å². The number of hydrogen-bond donors (Lipinski definition) is 3. The van der Waals surface area contributed by atoms with E-state index in [4.69, 9.17) is 42.1 Å². The van der Waals surface area contributed by atoms with E-state index in [2.05, 4.69) is 20.6 Å². The van der Waals surface area contributed by atoms with E-state index in [0.29, 0.717) is 56.7 Å². The average Bonchev–Trinajstić information content (AvgIpc) is 3.27. The molecular weight excluding hydrogens is 833 g/mol. The van der Waals surface area contributed by atoms with Crippen LogP contribution >= 0.6 is 23.2 Å². The third-order valence-corrected chi connectivity index (χ3v) is 11.5. The smallest absolute Gasteiger partial charge is 0.326 e. The number of hydrogen-bond acceptors (Lipinski definition) is 9. The number of urea groups is 1. The van der Waals surface area contributed by atoms with Gasteiger partial charge in [-0.15, -0.1) is 0 Å². The summed E-state index contributed by atoms with van der Waals surface area (Å²) in [6.07, 6.45) is 4.41. The summed E-state index contributed by atoms with van der Waals surface area (Å²) in [5.41, 5.74) is 6.14. The average molecular weight is 875 g/mol. The maximum atomic E-state index is 14.1. The van der Waals surface area contributed by atoms with Gasteiger partial charge in [0.1, 0.15) is 42.5 Å². The highest BCUT2D eigenvalue weighted by molar-refractivity contribution is 6.42. The first-order chi connectivity index (χ1) is 30.0. The van der Waals surface area contributed by atoms with E-state index in [1.54, 1.807) is 67.0 Å². The van der Waals surface area contributed by atoms with Gasteiger partial charge in [0.15, 0.2) is 17.6 Å². The van der Waals surface area contributed by atoms with Crippen molar-refractivity contribution in [1.82, 2.24) is 20.2 Å². The fourth-order valence-electron chi connectivity index (χ4n) is 7.22. The lowest BCUT2D eigenvalue weighted by atomic mass is 9.92. The maximum Gasteiger partial charge on any atom is 0.326 e. The van der Waals surface area contributed by atoms with E-state index in [1.807, 2.05) is 56.3 Å². The third kappa shape index (κ3) is 9.70. The van der Waals surface area contributed by atoms with Gasteiger partial charge in [-0.1, -0.05) is 53.5 Å². The molecule has 15 heteroatoms. The predicted octanol–water partition coefficient (Wildman–Crippen LogP) is 9.05. The zero-order chi connectivity index (χ0) is 43.3. The molecule has 316 valence electrons. The second-order valence-electron chi connectivity index (χ2n) is 15.0. The Hall–Kier alpha value is -6.83. The number of carbonyl (C=O) groups excluding carboxylic acids is 2. The van der Waals surface area contributed by atoms with Crippen molar-refractivity contribution >= 4 is 46.8 Å². The van der Waals surface area contributed by atoms with Gasteiger partial charge in [-0.3, -0.25) is 14.8 Å². The summed E-state index contributed by atoms with van der Waals surface area (Å²) in [7, 11) is 0. The molecule has 3 N–H and O–H groups in total. The number of benzene rings is 4. The summed E-state index contributed by atoms with van der Waals surface area (Å²) in [6, 6.07) is 25.8. The number of pyridine rings is 2. The molecule has 0 spiro atoms. The monoisotopic (exact) mass is 873 g/mol. The van der Waals surface area contributed by atoms with Crippen molar-refractivity contribution in [2.75, 3.05) is 11.9 Å². The van der Waals surface area contributed by atoms with Gasteiger partial charge in [0.25, 0.3) is 0 Å². The number of carboxylic acid groups (broad SMARTS) is 1. The highest BCUT2D eigenvalue weighted by Gasteiger charge is 2.38. The van der Waals surface area contributed by atoms with Crippen LogP contribution in [0, 0.1) is 13.8 Å². The number of ether oxygens (including phenoxy) is 4. The Morgan fingerprint density at radius 3 is 2.39 bits per heavy atom. The number of anilines is 1. The molecule has 0 bridgehead atoms. The number of nitrogens with one attached hydrogen (secondary N) is 2. The Balaban J connectivity index is 0.965. The minimum absolute atomic E-state index is 0.00569. The lowest BCUT2D eigenvalue weighted by Gasteiger charge is -2.37. The van der Waals surface area contributed by atoms with E-state index in [0.717, 1.165) is 33.5 Å². The fourth-order valence-corrected chi connectivity index (χ4v) is 7.54. The van der Waals surface area contributed by atoms with Crippen LogP contribution in [0.3, 0.4) is 0 Å². The molecule has 4 aromatic carbocycles. The molecule has 2 aliphatic rings. The molecule has 13 nitrogen and oxygen atoms in total. The summed E-state index contributed by atoms with van der Waals surface area (Å²) in [6.45, 7) is 4.40. The molecule has 1 unspecified atom stereocenters. The first kappa shape index (κ1) is 41.9. The number of carbonyl (C=O) groups is 3. The van der Waals surface area contributed by atoms with Gasteiger partial charge in [-0.25, -0.2) is 9.59 Å². The molecule has 0 fully saturated rings. The Bertz CT molecular complexity index is 2610. The molecule has 2 aromatic heterocycles. The number of aromatic nitrogens is 2. The molecular formula is C47H41Cl2N5O8. The van der Waals surface area contributed by atoms with Crippen molar-refractivity contribution in [2.24, 2.45) is 0 Å². The number of carboxylic acids is 1. The SMILES string of the molecule is Cc1nccc(Oc2ccc(CC(NC(=O)[C@@H]3Cc4cc5c(cc4CN3C(=O)Nc3cccnc3)O[C@@H](c3ccc(OCc4ccc(Cl)c(Cl)c4)cc3)CO5)C(=O)O)cc2)c1C. The molecule has 8 rings (SSSR count). The van der Waals surface area contributed by atoms with Crippen LogP contribution in [0.5, 0.6) is 28.7 Å². The van der Waals surface area contributed by atoms with Crippen LogP contribution in [-0.2, 0) is 35.6 Å². The van der Waals surface area contributed by atoms with E-state index >= 15 is 0 Å². The van der Waals surface area contributed by atoms with Crippen molar-refractivity contribution in [3.63, 3.8) is 0 Å². The van der Waals surface area contributed by atoms with Crippen LogP contribution in [0.25, 0.3) is 0 Å². The number of amides is 3. The number of halogens is 2. The summed E-state index contributed by atoms with van der Waals surface area (Å²) >= 11 is 12.2. The van der Waals surface area contributed by atoms with Crippen molar-refractivity contribution in [1.29, 1.82) is 0 Å². The third-order valence-electron chi connectivity index (χ3n) is 10.8. The van der Waals surface area contributed by atoms with Crippen LogP contribution in [-0.4, -0.2) is 56.6 Å². The van der Waals surface area contributed by atoms with Crippen LogP contribution in [0.1, 0.15) is 45.2 Å². The number of aryl methyl sites for hydroxylation is 1. The van der Waals surface area contributed by atoms with E-state index in [-0.39, 0.29) is 26.0 Å².